The molecule has 0 bridgehead atoms. The van der Waals surface area contributed by atoms with Crippen molar-refractivity contribution in [3.05, 3.63) is 28.3 Å². The Balaban J connectivity index is 2.26. The van der Waals surface area contributed by atoms with Crippen molar-refractivity contribution in [1.82, 2.24) is 10.0 Å². The molecule has 22 heavy (non-hydrogen) atoms. The first-order valence-corrected chi connectivity index (χ1v) is 9.05. The third kappa shape index (κ3) is 4.01. The molecule has 122 valence electrons. The lowest BCUT2D eigenvalue weighted by molar-refractivity contribution is 0.390. The SMILES string of the molecule is COc1cc(S(=O)(=O)NCC2=CCNCC2)c(OC)cc1Br. The molecule has 1 aromatic carbocycles. The van der Waals surface area contributed by atoms with Gasteiger partial charge in [0, 0.05) is 19.2 Å². The lowest BCUT2D eigenvalue weighted by Gasteiger charge is -2.16. The molecule has 2 N–H and O–H groups in total. The Hall–Kier alpha value is -1.09. The van der Waals surface area contributed by atoms with Crippen LogP contribution in [0.5, 0.6) is 11.5 Å². The van der Waals surface area contributed by atoms with Crippen molar-refractivity contribution in [3.8, 4) is 11.5 Å². The molecule has 0 unspecified atom stereocenters. The van der Waals surface area contributed by atoms with Crippen LogP contribution in [0.15, 0.2) is 33.2 Å². The van der Waals surface area contributed by atoms with E-state index in [0.717, 1.165) is 25.1 Å². The van der Waals surface area contributed by atoms with Crippen LogP contribution >= 0.6 is 15.9 Å². The van der Waals surface area contributed by atoms with Crippen molar-refractivity contribution < 1.29 is 17.9 Å². The molecule has 0 saturated carbocycles. The third-order valence-corrected chi connectivity index (χ3v) is 5.42. The molecule has 1 heterocycles. The van der Waals surface area contributed by atoms with Crippen molar-refractivity contribution in [2.24, 2.45) is 0 Å². The Labute approximate surface area is 139 Å². The molecule has 0 fully saturated rings. The fourth-order valence-corrected chi connectivity index (χ4v) is 3.82. The summed E-state index contributed by atoms with van der Waals surface area (Å²) in [7, 11) is -0.773. The molecule has 0 atom stereocenters. The Kier molecular flexibility index (Phi) is 5.85. The highest BCUT2D eigenvalue weighted by Gasteiger charge is 2.22. The molecule has 0 spiro atoms. The molecule has 0 aromatic heterocycles. The third-order valence-electron chi connectivity index (χ3n) is 3.37. The van der Waals surface area contributed by atoms with Crippen LogP contribution in [0.4, 0.5) is 0 Å². The largest absolute Gasteiger partial charge is 0.496 e. The van der Waals surface area contributed by atoms with E-state index in [9.17, 15) is 8.42 Å². The average Bonchev–Trinajstić information content (AvgIpc) is 2.53. The van der Waals surface area contributed by atoms with Crippen LogP contribution in [0.3, 0.4) is 0 Å². The van der Waals surface area contributed by atoms with Crippen molar-refractivity contribution in [2.45, 2.75) is 11.3 Å². The monoisotopic (exact) mass is 390 g/mol. The highest BCUT2D eigenvalue weighted by molar-refractivity contribution is 9.10. The summed E-state index contributed by atoms with van der Waals surface area (Å²) in [5.74, 6) is 0.696. The first kappa shape index (κ1) is 17.3. The molecule has 1 aromatic rings. The normalized spacial score (nSPS) is 15.3. The van der Waals surface area contributed by atoms with Crippen molar-refractivity contribution in [1.29, 1.82) is 0 Å². The second kappa shape index (κ2) is 7.45. The molecular weight excluding hydrogens is 372 g/mol. The number of nitrogens with one attached hydrogen (secondary N) is 2. The number of halogens is 1. The molecule has 0 radical (unpaired) electrons. The quantitative estimate of drug-likeness (QED) is 0.722. The van der Waals surface area contributed by atoms with E-state index < -0.39 is 10.0 Å². The van der Waals surface area contributed by atoms with E-state index in [4.69, 9.17) is 9.47 Å². The number of rotatable bonds is 6. The van der Waals surface area contributed by atoms with Crippen LogP contribution in [0, 0.1) is 0 Å². The van der Waals surface area contributed by atoms with Gasteiger partial charge in [-0.05, 0) is 35.0 Å². The van der Waals surface area contributed by atoms with Gasteiger partial charge in [0.25, 0.3) is 0 Å². The van der Waals surface area contributed by atoms with Crippen LogP contribution < -0.4 is 19.5 Å². The van der Waals surface area contributed by atoms with E-state index in [0.29, 0.717) is 16.8 Å². The Morgan fingerprint density at radius 3 is 2.59 bits per heavy atom. The minimum absolute atomic E-state index is 0.0598. The average molecular weight is 391 g/mol. The predicted molar refractivity (Wildman–Crippen MR) is 88.0 cm³/mol. The molecule has 0 aliphatic carbocycles. The molecule has 0 saturated heterocycles. The number of hydrogen-bond donors (Lipinski definition) is 2. The lowest BCUT2D eigenvalue weighted by atomic mass is 10.1. The molecule has 1 aliphatic rings. The predicted octanol–water partition coefficient (Wildman–Crippen LogP) is 1.66. The maximum Gasteiger partial charge on any atom is 0.244 e. The van der Waals surface area contributed by atoms with E-state index >= 15 is 0 Å². The summed E-state index contributed by atoms with van der Waals surface area (Å²) in [6, 6.07) is 3.03. The van der Waals surface area contributed by atoms with Gasteiger partial charge in [-0.2, -0.15) is 0 Å². The number of hydrogen-bond acceptors (Lipinski definition) is 5. The number of methoxy groups -OCH3 is 2. The fourth-order valence-electron chi connectivity index (χ4n) is 2.14. The molecule has 6 nitrogen and oxygen atoms in total. The Bertz CT molecular complexity index is 674. The van der Waals surface area contributed by atoms with Crippen LogP contribution in [-0.2, 0) is 10.0 Å². The van der Waals surface area contributed by atoms with Gasteiger partial charge in [0.2, 0.25) is 10.0 Å². The van der Waals surface area contributed by atoms with Gasteiger partial charge in [0.15, 0.2) is 0 Å². The summed E-state index contributed by atoms with van der Waals surface area (Å²) in [6.07, 6.45) is 2.84. The molecule has 0 amide bonds. The van der Waals surface area contributed by atoms with Gasteiger partial charge in [-0.15, -0.1) is 0 Å². The minimum Gasteiger partial charge on any atom is -0.496 e. The topological polar surface area (TPSA) is 76.7 Å². The zero-order valence-corrected chi connectivity index (χ0v) is 14.9. The summed E-state index contributed by atoms with van der Waals surface area (Å²) in [5.41, 5.74) is 1.07. The van der Waals surface area contributed by atoms with Crippen molar-refractivity contribution in [2.75, 3.05) is 33.9 Å². The smallest absolute Gasteiger partial charge is 0.244 e. The minimum atomic E-state index is -3.69. The fraction of sp³-hybridized carbons (Fsp3) is 0.429. The lowest BCUT2D eigenvalue weighted by Crippen LogP contribution is -2.30. The van der Waals surface area contributed by atoms with Crippen LogP contribution in [0.25, 0.3) is 0 Å². The van der Waals surface area contributed by atoms with Crippen LogP contribution in [0.1, 0.15) is 6.42 Å². The van der Waals surface area contributed by atoms with Gasteiger partial charge >= 0.3 is 0 Å². The summed E-state index contributed by atoms with van der Waals surface area (Å²) in [5, 5.41) is 3.19. The first-order chi connectivity index (χ1) is 10.5. The molecular formula is C14H19BrN2O4S. The standard InChI is InChI=1S/C14H19BrN2O4S/c1-20-12-8-14(13(21-2)7-11(12)15)22(18,19)17-9-10-3-5-16-6-4-10/h3,7-8,16-17H,4-6,9H2,1-2H3. The zero-order chi connectivity index (χ0) is 16.2. The summed E-state index contributed by atoms with van der Waals surface area (Å²) >= 11 is 3.31. The number of sulfonamides is 1. The van der Waals surface area contributed by atoms with Crippen molar-refractivity contribution in [3.63, 3.8) is 0 Å². The van der Waals surface area contributed by atoms with Gasteiger partial charge < -0.3 is 14.8 Å². The highest BCUT2D eigenvalue weighted by Crippen LogP contribution is 2.35. The van der Waals surface area contributed by atoms with Gasteiger partial charge in [-0.25, -0.2) is 13.1 Å². The summed E-state index contributed by atoms with van der Waals surface area (Å²) in [6.45, 7) is 1.93. The van der Waals surface area contributed by atoms with E-state index in [1.807, 2.05) is 6.08 Å². The van der Waals surface area contributed by atoms with Gasteiger partial charge in [-0.1, -0.05) is 11.6 Å². The van der Waals surface area contributed by atoms with Gasteiger partial charge in [0.1, 0.15) is 16.4 Å². The molecule has 8 heteroatoms. The van der Waals surface area contributed by atoms with E-state index in [-0.39, 0.29) is 10.6 Å². The van der Waals surface area contributed by atoms with Crippen molar-refractivity contribution >= 4 is 26.0 Å². The molecule has 2 rings (SSSR count). The maximum absolute atomic E-state index is 12.5. The van der Waals surface area contributed by atoms with Gasteiger partial charge in [-0.3, -0.25) is 0 Å². The highest BCUT2D eigenvalue weighted by atomic mass is 79.9. The summed E-state index contributed by atoms with van der Waals surface area (Å²) < 4.78 is 38.6. The zero-order valence-electron chi connectivity index (χ0n) is 12.5. The van der Waals surface area contributed by atoms with E-state index in [2.05, 4.69) is 26.0 Å². The number of benzene rings is 1. The van der Waals surface area contributed by atoms with E-state index in [1.54, 1.807) is 6.07 Å². The molecule has 1 aliphatic heterocycles. The first-order valence-electron chi connectivity index (χ1n) is 6.77. The Morgan fingerprint density at radius 1 is 1.27 bits per heavy atom. The number of ether oxygens (including phenoxy) is 2. The summed E-state index contributed by atoms with van der Waals surface area (Å²) in [4.78, 5) is 0.0598. The maximum atomic E-state index is 12.5. The van der Waals surface area contributed by atoms with Crippen LogP contribution in [-0.4, -0.2) is 42.3 Å². The Morgan fingerprint density at radius 2 is 2.00 bits per heavy atom. The second-order valence-electron chi connectivity index (χ2n) is 4.78. The second-order valence-corrected chi connectivity index (χ2v) is 7.37. The van der Waals surface area contributed by atoms with Gasteiger partial charge in [0.05, 0.1) is 18.7 Å². The van der Waals surface area contributed by atoms with Crippen LogP contribution in [0.2, 0.25) is 0 Å². The van der Waals surface area contributed by atoms with E-state index in [1.165, 1.54) is 20.3 Å².